The summed E-state index contributed by atoms with van der Waals surface area (Å²) in [5.74, 6) is -1.84. The largest absolute Gasteiger partial charge is 0.478 e. The molecule has 84 valence electrons. The number of carbonyl (C=O) groups is 2. The molecule has 6 heteroatoms. The lowest BCUT2D eigenvalue weighted by Gasteiger charge is -2.34. The van der Waals surface area contributed by atoms with Crippen molar-refractivity contribution in [3.8, 4) is 0 Å². The molecule has 0 radical (unpaired) electrons. The minimum absolute atomic E-state index is 0.0793. The number of likely N-dealkylation sites (N-methyl/N-ethyl adjacent to an activating group) is 1. The average Bonchev–Trinajstić information content (AvgIpc) is 2.15. The topological polar surface area (TPSA) is 86.9 Å². The summed E-state index contributed by atoms with van der Waals surface area (Å²) in [6.07, 6.45) is 0.869. The molecule has 0 unspecified atom stereocenters. The maximum atomic E-state index is 11.1. The normalized spacial score (nSPS) is 19.0. The van der Waals surface area contributed by atoms with Crippen molar-refractivity contribution in [1.82, 2.24) is 9.80 Å². The molecule has 1 saturated heterocycles. The van der Waals surface area contributed by atoms with Gasteiger partial charge in [-0.2, -0.15) is 0 Å². The first-order valence-corrected chi connectivity index (χ1v) is 4.68. The molecule has 0 aromatic carbocycles. The molecule has 1 aliphatic heterocycles. The first kappa shape index (κ1) is 11.5. The molecule has 1 rings (SSSR count). The van der Waals surface area contributed by atoms with Crippen molar-refractivity contribution in [2.24, 2.45) is 5.73 Å². The van der Waals surface area contributed by atoms with Crippen molar-refractivity contribution in [1.29, 1.82) is 0 Å². The Hall–Kier alpha value is -1.56. The molecule has 1 aliphatic rings. The molecule has 1 amide bonds. The van der Waals surface area contributed by atoms with E-state index in [0.29, 0.717) is 13.1 Å². The van der Waals surface area contributed by atoms with Gasteiger partial charge < -0.3 is 20.6 Å². The van der Waals surface area contributed by atoms with Crippen molar-refractivity contribution in [3.05, 3.63) is 11.8 Å². The second kappa shape index (κ2) is 4.79. The summed E-state index contributed by atoms with van der Waals surface area (Å²) in [5.41, 5.74) is 5.20. The number of rotatable bonds is 3. The van der Waals surface area contributed by atoms with Crippen molar-refractivity contribution in [3.63, 3.8) is 0 Å². The van der Waals surface area contributed by atoms with Crippen LogP contribution in [0.4, 0.5) is 0 Å². The zero-order valence-electron chi connectivity index (χ0n) is 8.64. The summed E-state index contributed by atoms with van der Waals surface area (Å²) in [6.45, 7) is 2.84. The fourth-order valence-corrected chi connectivity index (χ4v) is 1.48. The average molecular weight is 213 g/mol. The number of nitrogens with two attached hydrogens (primary N) is 1. The van der Waals surface area contributed by atoms with Crippen molar-refractivity contribution < 1.29 is 14.7 Å². The molecule has 0 aromatic heterocycles. The number of carbonyl (C=O) groups excluding carboxylic acids is 1. The molecule has 1 fully saturated rings. The Morgan fingerprint density at radius 1 is 1.27 bits per heavy atom. The lowest BCUT2D eigenvalue weighted by atomic mass is 10.2. The number of nitrogens with zero attached hydrogens (tertiary/aromatic N) is 2. The number of carboxylic acids is 1. The fraction of sp³-hybridized carbons (Fsp3) is 0.556. The number of piperazine rings is 1. The number of aliphatic carboxylic acids is 1. The minimum atomic E-state index is -1.15. The zero-order chi connectivity index (χ0) is 11.4. The van der Waals surface area contributed by atoms with Crippen LogP contribution in [0.1, 0.15) is 0 Å². The summed E-state index contributed by atoms with van der Waals surface area (Å²) in [4.78, 5) is 25.4. The molecule has 0 aromatic rings. The highest BCUT2D eigenvalue weighted by atomic mass is 16.4. The van der Waals surface area contributed by atoms with E-state index in [1.165, 1.54) is 0 Å². The van der Waals surface area contributed by atoms with E-state index in [4.69, 9.17) is 10.8 Å². The van der Waals surface area contributed by atoms with Crippen molar-refractivity contribution in [2.75, 3.05) is 33.2 Å². The van der Waals surface area contributed by atoms with Gasteiger partial charge in [0.15, 0.2) is 0 Å². The second-order valence-electron chi connectivity index (χ2n) is 3.52. The standard InChI is InChI=1S/C9H15N3O3/c1-11-2-4-12(5-3-11)7(9(10)15)6-8(13)14/h6H,2-5H2,1H3,(H2,10,15)(H,13,14)/b7-6+. The molecular weight excluding hydrogens is 198 g/mol. The van der Waals surface area contributed by atoms with Gasteiger partial charge in [-0.05, 0) is 7.05 Å². The molecule has 15 heavy (non-hydrogen) atoms. The molecule has 0 saturated carbocycles. The highest BCUT2D eigenvalue weighted by Crippen LogP contribution is 2.08. The number of carboxylic acid groups (broad SMARTS) is 1. The van der Waals surface area contributed by atoms with Gasteiger partial charge >= 0.3 is 5.97 Å². The Morgan fingerprint density at radius 3 is 2.20 bits per heavy atom. The van der Waals surface area contributed by atoms with E-state index in [-0.39, 0.29) is 5.70 Å². The third-order valence-electron chi connectivity index (χ3n) is 2.36. The minimum Gasteiger partial charge on any atom is -0.478 e. The van der Waals surface area contributed by atoms with Crippen LogP contribution in [0.5, 0.6) is 0 Å². The molecular formula is C9H15N3O3. The molecule has 0 aliphatic carbocycles. The van der Waals surface area contributed by atoms with Crippen LogP contribution < -0.4 is 5.73 Å². The molecule has 0 atom stereocenters. The van der Waals surface area contributed by atoms with E-state index < -0.39 is 11.9 Å². The van der Waals surface area contributed by atoms with Gasteiger partial charge in [0.2, 0.25) is 0 Å². The first-order chi connectivity index (χ1) is 7.00. The second-order valence-corrected chi connectivity index (χ2v) is 3.52. The quantitative estimate of drug-likeness (QED) is 0.568. The molecule has 6 nitrogen and oxygen atoms in total. The fourth-order valence-electron chi connectivity index (χ4n) is 1.48. The van der Waals surface area contributed by atoms with Crippen LogP contribution in [0, 0.1) is 0 Å². The van der Waals surface area contributed by atoms with E-state index in [1.807, 2.05) is 7.05 Å². The van der Waals surface area contributed by atoms with Gasteiger partial charge in [-0.25, -0.2) is 4.79 Å². The highest BCUT2D eigenvalue weighted by Gasteiger charge is 2.20. The van der Waals surface area contributed by atoms with E-state index in [2.05, 4.69) is 4.90 Å². The van der Waals surface area contributed by atoms with Gasteiger partial charge in [0.25, 0.3) is 5.91 Å². The molecule has 3 N–H and O–H groups in total. The molecule has 0 spiro atoms. The lowest BCUT2D eigenvalue weighted by molar-refractivity contribution is -0.132. The maximum Gasteiger partial charge on any atom is 0.330 e. The summed E-state index contributed by atoms with van der Waals surface area (Å²) in [6, 6.07) is 0. The summed E-state index contributed by atoms with van der Waals surface area (Å²) >= 11 is 0. The smallest absolute Gasteiger partial charge is 0.330 e. The Morgan fingerprint density at radius 2 is 1.80 bits per heavy atom. The third-order valence-corrected chi connectivity index (χ3v) is 2.36. The van der Waals surface area contributed by atoms with E-state index in [9.17, 15) is 9.59 Å². The number of hydrogen-bond donors (Lipinski definition) is 2. The Kier molecular flexibility index (Phi) is 3.68. The van der Waals surface area contributed by atoms with Crippen LogP contribution in [0.3, 0.4) is 0 Å². The summed E-state index contributed by atoms with van der Waals surface area (Å²) in [5, 5.41) is 8.59. The predicted octanol–water partition coefficient (Wildman–Crippen LogP) is -1.31. The van der Waals surface area contributed by atoms with E-state index in [0.717, 1.165) is 19.2 Å². The first-order valence-electron chi connectivity index (χ1n) is 4.68. The number of amides is 1. The van der Waals surface area contributed by atoms with E-state index >= 15 is 0 Å². The maximum absolute atomic E-state index is 11.1. The third kappa shape index (κ3) is 3.25. The molecule has 1 heterocycles. The van der Waals surface area contributed by atoms with Crippen LogP contribution in [0.2, 0.25) is 0 Å². The Labute approximate surface area is 87.9 Å². The SMILES string of the molecule is CN1CCN(/C(=C/C(=O)O)C(N)=O)CC1. The van der Waals surface area contributed by atoms with Gasteiger partial charge in [0, 0.05) is 26.2 Å². The monoisotopic (exact) mass is 213 g/mol. The Balaban J connectivity index is 2.73. The van der Waals surface area contributed by atoms with Crippen LogP contribution in [0.25, 0.3) is 0 Å². The van der Waals surface area contributed by atoms with Gasteiger partial charge in [-0.1, -0.05) is 0 Å². The zero-order valence-corrected chi connectivity index (χ0v) is 8.64. The predicted molar refractivity (Wildman–Crippen MR) is 54.0 cm³/mol. The lowest BCUT2D eigenvalue weighted by Crippen LogP contribution is -2.46. The van der Waals surface area contributed by atoms with Crippen molar-refractivity contribution >= 4 is 11.9 Å². The van der Waals surface area contributed by atoms with Crippen LogP contribution in [-0.4, -0.2) is 60.0 Å². The van der Waals surface area contributed by atoms with Crippen LogP contribution >= 0.6 is 0 Å². The van der Waals surface area contributed by atoms with Crippen LogP contribution in [-0.2, 0) is 9.59 Å². The van der Waals surface area contributed by atoms with Gasteiger partial charge in [0.1, 0.15) is 5.70 Å². The highest BCUT2D eigenvalue weighted by molar-refractivity contribution is 5.97. The van der Waals surface area contributed by atoms with Gasteiger partial charge in [-0.3, -0.25) is 4.79 Å². The number of hydrogen-bond acceptors (Lipinski definition) is 4. The van der Waals surface area contributed by atoms with Crippen LogP contribution in [0.15, 0.2) is 11.8 Å². The van der Waals surface area contributed by atoms with Gasteiger partial charge in [0.05, 0.1) is 6.08 Å². The molecule has 0 bridgehead atoms. The van der Waals surface area contributed by atoms with Gasteiger partial charge in [-0.15, -0.1) is 0 Å². The van der Waals surface area contributed by atoms with Crippen molar-refractivity contribution in [2.45, 2.75) is 0 Å². The summed E-state index contributed by atoms with van der Waals surface area (Å²) in [7, 11) is 1.97. The van der Waals surface area contributed by atoms with E-state index in [1.54, 1.807) is 4.90 Å². The summed E-state index contributed by atoms with van der Waals surface area (Å²) < 4.78 is 0. The number of primary amides is 1. The Bertz CT molecular complexity index is 293.